The highest BCUT2D eigenvalue weighted by Crippen LogP contribution is 2.23. The summed E-state index contributed by atoms with van der Waals surface area (Å²) in [6, 6.07) is 0. The molecule has 1 heterocycles. The van der Waals surface area contributed by atoms with Gasteiger partial charge in [-0.05, 0) is 6.26 Å². The van der Waals surface area contributed by atoms with Crippen LogP contribution in [0.3, 0.4) is 0 Å². The van der Waals surface area contributed by atoms with Crippen molar-refractivity contribution >= 4 is 23.6 Å². The van der Waals surface area contributed by atoms with Crippen LogP contribution < -0.4 is 10.6 Å². The second kappa shape index (κ2) is 10.7. The molecule has 0 aliphatic carbocycles. The van der Waals surface area contributed by atoms with E-state index >= 15 is 0 Å². The summed E-state index contributed by atoms with van der Waals surface area (Å²) in [5.41, 5.74) is -0.230. The number of rotatable bonds is 8. The van der Waals surface area contributed by atoms with E-state index in [-0.39, 0.29) is 18.1 Å². The summed E-state index contributed by atoms with van der Waals surface area (Å²) in [6.07, 6.45) is 3.76. The highest BCUT2D eigenvalue weighted by molar-refractivity contribution is 7.98. The molecule has 0 aromatic carbocycles. The zero-order valence-electron chi connectivity index (χ0n) is 14.7. The number of guanidine groups is 1. The van der Waals surface area contributed by atoms with Crippen molar-refractivity contribution in [2.24, 2.45) is 4.99 Å². The van der Waals surface area contributed by atoms with Crippen molar-refractivity contribution in [3.8, 4) is 0 Å². The predicted octanol–water partition coefficient (Wildman–Crippen LogP) is 0.168. The van der Waals surface area contributed by atoms with Crippen molar-refractivity contribution in [1.82, 2.24) is 15.5 Å². The predicted molar refractivity (Wildman–Crippen MR) is 95.2 cm³/mol. The molecule has 0 bridgehead atoms. The van der Waals surface area contributed by atoms with Crippen LogP contribution >= 0.6 is 11.8 Å². The molecular weight excluding hydrogens is 316 g/mol. The van der Waals surface area contributed by atoms with E-state index in [0.717, 1.165) is 25.1 Å². The maximum absolute atomic E-state index is 11.7. The molecule has 2 N–H and O–H groups in total. The standard InChI is InChI=1S/C15H30N4O3S/c1-19(2)13(20)11-17-14(16-7-10-23-4)18-12-15(21-3)5-8-22-9-6-15/h5-12H2,1-4H3,(H2,16,17,18). The first-order valence-corrected chi connectivity index (χ1v) is 9.26. The van der Waals surface area contributed by atoms with Crippen LogP contribution in [0.4, 0.5) is 0 Å². The quantitative estimate of drug-likeness (QED) is 0.371. The number of methoxy groups -OCH3 is 1. The Bertz CT molecular complexity index is 385. The molecule has 1 rings (SSSR count). The van der Waals surface area contributed by atoms with Crippen molar-refractivity contribution in [2.75, 3.05) is 66.1 Å². The molecular formula is C15H30N4O3S. The zero-order chi connectivity index (χ0) is 17.1. The van der Waals surface area contributed by atoms with Crippen LogP contribution in [-0.4, -0.2) is 88.4 Å². The number of likely N-dealkylation sites (N-methyl/N-ethyl adjacent to an activating group) is 1. The Morgan fingerprint density at radius 3 is 2.61 bits per heavy atom. The van der Waals surface area contributed by atoms with Gasteiger partial charge >= 0.3 is 0 Å². The van der Waals surface area contributed by atoms with Gasteiger partial charge in [0.1, 0.15) is 6.54 Å². The highest BCUT2D eigenvalue weighted by Gasteiger charge is 2.32. The molecule has 1 aliphatic heterocycles. The summed E-state index contributed by atoms with van der Waals surface area (Å²) in [4.78, 5) is 17.6. The molecule has 7 nitrogen and oxygen atoms in total. The fourth-order valence-corrected chi connectivity index (χ4v) is 2.48. The molecule has 0 unspecified atom stereocenters. The van der Waals surface area contributed by atoms with Gasteiger partial charge in [0.05, 0.1) is 5.60 Å². The number of amides is 1. The lowest BCUT2D eigenvalue weighted by atomic mass is 9.94. The number of aliphatic imine (C=N–C) groups is 1. The number of carbonyl (C=O) groups is 1. The summed E-state index contributed by atoms with van der Waals surface area (Å²) in [6.45, 7) is 2.99. The molecule has 0 radical (unpaired) electrons. The van der Waals surface area contributed by atoms with Crippen molar-refractivity contribution in [1.29, 1.82) is 0 Å². The van der Waals surface area contributed by atoms with Gasteiger partial charge < -0.3 is 25.0 Å². The molecule has 1 fully saturated rings. The van der Waals surface area contributed by atoms with E-state index in [1.165, 1.54) is 4.90 Å². The van der Waals surface area contributed by atoms with Gasteiger partial charge in [-0.25, -0.2) is 4.99 Å². The minimum absolute atomic E-state index is 0.0245. The van der Waals surface area contributed by atoms with Gasteiger partial charge in [-0.15, -0.1) is 0 Å². The maximum atomic E-state index is 11.7. The lowest BCUT2D eigenvalue weighted by molar-refractivity contribution is -0.127. The van der Waals surface area contributed by atoms with E-state index in [2.05, 4.69) is 21.9 Å². The molecule has 0 aromatic heterocycles. The van der Waals surface area contributed by atoms with E-state index in [0.29, 0.717) is 25.7 Å². The van der Waals surface area contributed by atoms with Crippen molar-refractivity contribution in [3.63, 3.8) is 0 Å². The van der Waals surface area contributed by atoms with Crippen molar-refractivity contribution in [3.05, 3.63) is 0 Å². The number of hydrogen-bond donors (Lipinski definition) is 2. The normalized spacial score (nSPS) is 17.7. The Hall–Kier alpha value is -0.990. The zero-order valence-corrected chi connectivity index (χ0v) is 15.5. The van der Waals surface area contributed by atoms with Gasteiger partial charge in [-0.2, -0.15) is 11.8 Å². The molecule has 0 spiro atoms. The van der Waals surface area contributed by atoms with Gasteiger partial charge in [0.25, 0.3) is 0 Å². The third-order valence-corrected chi connectivity index (χ3v) is 4.50. The smallest absolute Gasteiger partial charge is 0.243 e. The van der Waals surface area contributed by atoms with Crippen LogP contribution in [0.25, 0.3) is 0 Å². The number of carbonyl (C=O) groups excluding carboxylic acids is 1. The number of thioether (sulfide) groups is 1. The Labute approximate surface area is 143 Å². The minimum atomic E-state index is -0.230. The van der Waals surface area contributed by atoms with E-state index in [1.807, 2.05) is 0 Å². The Morgan fingerprint density at radius 1 is 1.35 bits per heavy atom. The molecule has 1 aliphatic rings. The second-order valence-corrected chi connectivity index (χ2v) is 6.71. The summed E-state index contributed by atoms with van der Waals surface area (Å²) in [7, 11) is 5.20. The average molecular weight is 346 g/mol. The first-order valence-electron chi connectivity index (χ1n) is 7.87. The topological polar surface area (TPSA) is 75.2 Å². The molecule has 23 heavy (non-hydrogen) atoms. The van der Waals surface area contributed by atoms with Crippen LogP contribution in [0.5, 0.6) is 0 Å². The first kappa shape index (κ1) is 20.1. The van der Waals surface area contributed by atoms with Crippen LogP contribution in [-0.2, 0) is 14.3 Å². The molecule has 0 aromatic rings. The summed E-state index contributed by atoms with van der Waals surface area (Å²) in [5.74, 6) is 1.60. The van der Waals surface area contributed by atoms with E-state index in [9.17, 15) is 4.79 Å². The molecule has 1 saturated heterocycles. The van der Waals surface area contributed by atoms with Crippen LogP contribution in [0.1, 0.15) is 12.8 Å². The largest absolute Gasteiger partial charge is 0.381 e. The summed E-state index contributed by atoms with van der Waals surface area (Å²) in [5, 5.41) is 6.57. The van der Waals surface area contributed by atoms with Gasteiger partial charge in [0.2, 0.25) is 5.91 Å². The number of ether oxygens (including phenoxy) is 2. The van der Waals surface area contributed by atoms with Gasteiger partial charge in [0.15, 0.2) is 5.96 Å². The van der Waals surface area contributed by atoms with Crippen LogP contribution in [0.2, 0.25) is 0 Å². The van der Waals surface area contributed by atoms with E-state index in [4.69, 9.17) is 9.47 Å². The number of nitrogens with zero attached hydrogens (tertiary/aromatic N) is 2. The fraction of sp³-hybridized carbons (Fsp3) is 0.867. The number of nitrogens with one attached hydrogen (secondary N) is 2. The van der Waals surface area contributed by atoms with Gasteiger partial charge in [-0.3, -0.25) is 4.79 Å². The van der Waals surface area contributed by atoms with Gasteiger partial charge in [-0.1, -0.05) is 0 Å². The van der Waals surface area contributed by atoms with E-state index < -0.39 is 0 Å². The Balaban J connectivity index is 2.59. The van der Waals surface area contributed by atoms with Crippen molar-refractivity contribution in [2.45, 2.75) is 18.4 Å². The third kappa shape index (κ3) is 7.41. The molecule has 0 saturated carbocycles. The highest BCUT2D eigenvalue weighted by atomic mass is 32.2. The van der Waals surface area contributed by atoms with Crippen LogP contribution in [0, 0.1) is 0 Å². The van der Waals surface area contributed by atoms with Gasteiger partial charge in [0, 0.05) is 66.1 Å². The lowest BCUT2D eigenvalue weighted by Crippen LogP contribution is -2.51. The fourth-order valence-electron chi connectivity index (χ4n) is 2.18. The molecule has 0 atom stereocenters. The Kier molecular flexibility index (Phi) is 9.35. The summed E-state index contributed by atoms with van der Waals surface area (Å²) >= 11 is 1.76. The second-order valence-electron chi connectivity index (χ2n) is 5.73. The maximum Gasteiger partial charge on any atom is 0.243 e. The number of hydrogen-bond acceptors (Lipinski definition) is 5. The SMILES string of the molecule is COC1(CNC(=NCC(=O)N(C)C)NCCSC)CCOCC1. The van der Waals surface area contributed by atoms with Crippen molar-refractivity contribution < 1.29 is 14.3 Å². The van der Waals surface area contributed by atoms with Crippen LogP contribution in [0.15, 0.2) is 4.99 Å². The molecule has 134 valence electrons. The monoisotopic (exact) mass is 346 g/mol. The third-order valence-electron chi connectivity index (χ3n) is 3.88. The molecule has 1 amide bonds. The Morgan fingerprint density at radius 2 is 2.04 bits per heavy atom. The minimum Gasteiger partial charge on any atom is -0.381 e. The van der Waals surface area contributed by atoms with E-state index in [1.54, 1.807) is 33.0 Å². The molecule has 8 heteroatoms. The summed E-state index contributed by atoms with van der Waals surface area (Å²) < 4.78 is 11.1. The first-order chi connectivity index (χ1) is 11.0. The lowest BCUT2D eigenvalue weighted by Gasteiger charge is -2.36. The average Bonchev–Trinajstić information content (AvgIpc) is 2.57.